The Morgan fingerprint density at radius 1 is 1.14 bits per heavy atom. The van der Waals surface area contributed by atoms with Crippen LogP contribution in [-0.2, 0) is 14.6 Å². The van der Waals surface area contributed by atoms with Gasteiger partial charge < -0.3 is 5.11 Å². The Bertz CT molecular complexity index is 582. The van der Waals surface area contributed by atoms with E-state index in [1.165, 1.54) is 11.1 Å². The summed E-state index contributed by atoms with van der Waals surface area (Å²) in [4.78, 5) is 22.6. The minimum Gasteiger partial charge on any atom is -0.392 e. The van der Waals surface area contributed by atoms with E-state index >= 15 is 0 Å². The van der Waals surface area contributed by atoms with Gasteiger partial charge in [0.1, 0.15) is 11.9 Å². The Kier molecular flexibility index (Phi) is 14.6. The maximum absolute atomic E-state index is 11.8. The van der Waals surface area contributed by atoms with E-state index in [2.05, 4.69) is 40.0 Å². The van der Waals surface area contributed by atoms with Crippen LogP contribution in [0.15, 0.2) is 47.6 Å². The molecule has 29 heavy (non-hydrogen) atoms. The number of ketones is 1. The van der Waals surface area contributed by atoms with Crippen molar-refractivity contribution in [3.63, 3.8) is 0 Å². The van der Waals surface area contributed by atoms with E-state index in [0.717, 1.165) is 30.4 Å². The van der Waals surface area contributed by atoms with Crippen LogP contribution in [0.3, 0.4) is 0 Å². The average Bonchev–Trinajstić information content (AvgIpc) is 2.61. The molecule has 0 amide bonds. The van der Waals surface area contributed by atoms with E-state index < -0.39 is 0 Å². The Morgan fingerprint density at radius 3 is 2.24 bits per heavy atom. The molecule has 0 saturated heterocycles. The summed E-state index contributed by atoms with van der Waals surface area (Å²) in [6.07, 6.45) is 7.88. The van der Waals surface area contributed by atoms with Gasteiger partial charge in [-0.05, 0) is 65.4 Å². The molecule has 1 aliphatic rings. The van der Waals surface area contributed by atoms with Gasteiger partial charge in [-0.2, -0.15) is 0 Å². The number of Topliss-reactive ketones (excluding diaryl/α,β-unsaturated/α-hetero) is 1. The maximum atomic E-state index is 11.8. The van der Waals surface area contributed by atoms with Crippen LogP contribution in [0, 0.1) is 11.8 Å². The van der Waals surface area contributed by atoms with Crippen LogP contribution >= 0.6 is 0 Å². The van der Waals surface area contributed by atoms with E-state index in [0.29, 0.717) is 19.4 Å². The molecule has 4 nitrogen and oxygen atoms in total. The number of rotatable bonds is 10. The van der Waals surface area contributed by atoms with Gasteiger partial charge in [-0.25, -0.2) is 9.78 Å². The Balaban J connectivity index is 0.000000734. The molecule has 0 aromatic carbocycles. The Hall–Kier alpha value is -1.49. The minimum atomic E-state index is -0.184. The lowest BCUT2D eigenvalue weighted by molar-refractivity contribution is -0.341. The van der Waals surface area contributed by atoms with Crippen LogP contribution in [0.2, 0.25) is 0 Å². The van der Waals surface area contributed by atoms with Crippen LogP contribution in [0.4, 0.5) is 0 Å². The second-order valence-electron chi connectivity index (χ2n) is 8.42. The Labute approximate surface area is 178 Å². The molecule has 3 unspecified atom stereocenters. The summed E-state index contributed by atoms with van der Waals surface area (Å²) in [5.41, 5.74) is 4.56. The van der Waals surface area contributed by atoms with E-state index in [9.17, 15) is 9.90 Å². The highest BCUT2D eigenvalue weighted by Gasteiger charge is 2.38. The molecule has 1 saturated carbocycles. The smallest absolute Gasteiger partial charge is 0.133 e. The molecular weight excluding hydrogens is 364 g/mol. The topological polar surface area (TPSA) is 55.8 Å². The fourth-order valence-corrected chi connectivity index (χ4v) is 3.19. The molecule has 3 atom stereocenters. The highest BCUT2D eigenvalue weighted by Crippen LogP contribution is 2.34. The van der Waals surface area contributed by atoms with Crippen LogP contribution in [0.5, 0.6) is 0 Å². The van der Waals surface area contributed by atoms with Crippen molar-refractivity contribution >= 4 is 5.78 Å². The zero-order valence-electron chi connectivity index (χ0n) is 19.4. The molecule has 1 N–H and O–H groups in total. The highest BCUT2D eigenvalue weighted by atomic mass is 17.2. The number of aliphatic hydroxyl groups is 1. The van der Waals surface area contributed by atoms with E-state index in [1.54, 1.807) is 0 Å². The highest BCUT2D eigenvalue weighted by molar-refractivity contribution is 5.80. The van der Waals surface area contributed by atoms with Crippen molar-refractivity contribution in [2.24, 2.45) is 11.8 Å². The van der Waals surface area contributed by atoms with Crippen molar-refractivity contribution in [1.82, 2.24) is 0 Å². The average molecular weight is 407 g/mol. The number of aliphatic hydroxyl groups excluding tert-OH is 1. The van der Waals surface area contributed by atoms with Crippen LogP contribution in [0.25, 0.3) is 0 Å². The van der Waals surface area contributed by atoms with Gasteiger partial charge in [0.25, 0.3) is 0 Å². The number of hydrogen-bond acceptors (Lipinski definition) is 4. The predicted molar refractivity (Wildman–Crippen MR) is 121 cm³/mol. The van der Waals surface area contributed by atoms with E-state index in [1.807, 2.05) is 26.8 Å². The van der Waals surface area contributed by atoms with Gasteiger partial charge in [-0.1, -0.05) is 35.8 Å². The molecule has 1 rings (SSSR count). The summed E-state index contributed by atoms with van der Waals surface area (Å²) in [6.45, 7) is 20.2. The zero-order chi connectivity index (χ0) is 22.4. The number of carbonyl (C=O) groups excluding carboxylic acids is 1. The molecule has 0 heterocycles. The molecule has 0 radical (unpaired) electrons. The normalized spacial score (nSPS) is 21.8. The summed E-state index contributed by atoms with van der Waals surface area (Å²) in [7, 11) is 0. The van der Waals surface area contributed by atoms with Crippen molar-refractivity contribution in [1.29, 1.82) is 0 Å². The van der Waals surface area contributed by atoms with Crippen molar-refractivity contribution in [3.8, 4) is 0 Å². The zero-order valence-corrected chi connectivity index (χ0v) is 19.4. The van der Waals surface area contributed by atoms with Crippen LogP contribution < -0.4 is 0 Å². The van der Waals surface area contributed by atoms with Gasteiger partial charge >= 0.3 is 0 Å². The second kappa shape index (κ2) is 15.4. The summed E-state index contributed by atoms with van der Waals surface area (Å²) in [5.74, 6) is 0.218. The van der Waals surface area contributed by atoms with Gasteiger partial charge in [0.15, 0.2) is 0 Å². The standard InChI is InChI=1S/C16H26O4.C9H16/c1-5-13(10-17)15-9-14(18)8-12(4)16(15)20-19-7-6-11(2)3;1-8(2)6-5-7-9(3)4/h5,12,15-17H,2,6-10H2,1,3-4H3;7H,1,5-6H2,2-4H3/b13-5-;. The summed E-state index contributed by atoms with van der Waals surface area (Å²) in [6, 6.07) is 0. The third kappa shape index (κ3) is 12.6. The number of carbonyl (C=O) groups is 1. The third-order valence-corrected chi connectivity index (χ3v) is 4.90. The maximum Gasteiger partial charge on any atom is 0.133 e. The van der Waals surface area contributed by atoms with Gasteiger partial charge in [-0.15, -0.1) is 13.2 Å². The monoisotopic (exact) mass is 406 g/mol. The fourth-order valence-electron chi connectivity index (χ4n) is 3.19. The van der Waals surface area contributed by atoms with Crippen LogP contribution in [-0.4, -0.2) is 30.2 Å². The van der Waals surface area contributed by atoms with E-state index in [4.69, 9.17) is 9.78 Å². The number of hydrogen-bond donors (Lipinski definition) is 1. The molecule has 166 valence electrons. The number of allylic oxidation sites excluding steroid dienone is 4. The van der Waals surface area contributed by atoms with Gasteiger partial charge in [-0.3, -0.25) is 4.79 Å². The molecular formula is C25H42O4. The quantitative estimate of drug-likeness (QED) is 0.205. The van der Waals surface area contributed by atoms with Crippen molar-refractivity contribution in [2.45, 2.75) is 79.8 Å². The molecule has 1 fully saturated rings. The molecule has 1 aliphatic carbocycles. The largest absolute Gasteiger partial charge is 0.392 e. The predicted octanol–water partition coefficient (Wildman–Crippen LogP) is 6.13. The van der Waals surface area contributed by atoms with Gasteiger partial charge in [0.2, 0.25) is 0 Å². The Morgan fingerprint density at radius 2 is 1.76 bits per heavy atom. The minimum absolute atomic E-state index is 0.0488. The van der Waals surface area contributed by atoms with Crippen molar-refractivity contribution < 1.29 is 19.7 Å². The van der Waals surface area contributed by atoms with Crippen molar-refractivity contribution in [3.05, 3.63) is 47.6 Å². The summed E-state index contributed by atoms with van der Waals surface area (Å²) < 4.78 is 0. The lowest BCUT2D eigenvalue weighted by atomic mass is 9.75. The molecule has 0 aliphatic heterocycles. The molecule has 0 aromatic rings. The summed E-state index contributed by atoms with van der Waals surface area (Å²) >= 11 is 0. The molecule has 0 aromatic heterocycles. The lowest BCUT2D eigenvalue weighted by Crippen LogP contribution is -2.40. The first-order valence-corrected chi connectivity index (χ1v) is 10.6. The molecule has 0 spiro atoms. The van der Waals surface area contributed by atoms with Gasteiger partial charge in [0, 0.05) is 18.8 Å². The first kappa shape index (κ1) is 27.5. The van der Waals surface area contributed by atoms with E-state index in [-0.39, 0.29) is 30.3 Å². The third-order valence-electron chi connectivity index (χ3n) is 4.90. The second-order valence-corrected chi connectivity index (χ2v) is 8.42. The fraction of sp³-hybridized carbons (Fsp3) is 0.640. The van der Waals surface area contributed by atoms with Gasteiger partial charge in [0.05, 0.1) is 13.2 Å². The molecule has 0 bridgehead atoms. The first-order valence-electron chi connectivity index (χ1n) is 10.6. The first-order chi connectivity index (χ1) is 13.6. The SMILES string of the molecule is C=C(C)CCC=C(C)C.C=C(C)CCOOC1C(C)CC(=O)CC1/C(=C\C)CO. The lowest BCUT2D eigenvalue weighted by Gasteiger charge is -2.35. The van der Waals surface area contributed by atoms with Crippen LogP contribution in [0.1, 0.15) is 73.6 Å². The molecule has 4 heteroatoms. The summed E-state index contributed by atoms with van der Waals surface area (Å²) in [5, 5.41) is 9.43. The van der Waals surface area contributed by atoms with Crippen molar-refractivity contribution in [2.75, 3.05) is 13.2 Å².